The molecule has 1 saturated heterocycles. The maximum absolute atomic E-state index is 4.37. The van der Waals surface area contributed by atoms with Crippen molar-refractivity contribution in [3.63, 3.8) is 0 Å². The van der Waals surface area contributed by atoms with Crippen LogP contribution in [0.15, 0.2) is 36.5 Å². The first-order chi connectivity index (χ1) is 9.33. The normalized spacial score (nSPS) is 20.8. The zero-order valence-electron chi connectivity index (χ0n) is 11.5. The molecule has 0 spiro atoms. The van der Waals surface area contributed by atoms with Gasteiger partial charge in [0.1, 0.15) is 0 Å². The second kappa shape index (κ2) is 5.68. The van der Waals surface area contributed by atoms with Gasteiger partial charge in [0.15, 0.2) is 0 Å². The van der Waals surface area contributed by atoms with Crippen molar-refractivity contribution in [1.29, 1.82) is 0 Å². The highest BCUT2D eigenvalue weighted by Crippen LogP contribution is 2.16. The fourth-order valence-corrected chi connectivity index (χ4v) is 2.80. The molecule has 0 amide bonds. The molecular weight excluding hydrogens is 234 g/mol. The molecule has 1 aromatic heterocycles. The summed E-state index contributed by atoms with van der Waals surface area (Å²) >= 11 is 0. The van der Waals surface area contributed by atoms with Crippen molar-refractivity contribution >= 4 is 10.9 Å². The Balaban J connectivity index is 1.67. The van der Waals surface area contributed by atoms with E-state index in [1.807, 2.05) is 12.3 Å². The molecular formula is C16H21N3. The van der Waals surface area contributed by atoms with Crippen LogP contribution >= 0.6 is 0 Å². The smallest absolute Gasteiger partial charge is 0.0702 e. The number of likely N-dealkylation sites (N-methyl/N-ethyl adjacent to an activating group) is 1. The molecule has 1 fully saturated rings. The van der Waals surface area contributed by atoms with Crippen molar-refractivity contribution in [2.24, 2.45) is 0 Å². The molecule has 1 aliphatic rings. The number of fused-ring (bicyclic) bond motifs is 1. The number of nitrogens with zero attached hydrogens (tertiary/aromatic N) is 2. The van der Waals surface area contributed by atoms with Gasteiger partial charge in [-0.15, -0.1) is 0 Å². The minimum Gasteiger partial charge on any atom is -0.314 e. The molecule has 1 aliphatic heterocycles. The molecule has 0 aliphatic carbocycles. The number of hydrogen-bond donors (Lipinski definition) is 1. The van der Waals surface area contributed by atoms with E-state index in [1.165, 1.54) is 17.4 Å². The third kappa shape index (κ3) is 2.94. The van der Waals surface area contributed by atoms with E-state index in [9.17, 15) is 0 Å². The summed E-state index contributed by atoms with van der Waals surface area (Å²) in [5.41, 5.74) is 2.50. The number of hydrogen-bond acceptors (Lipinski definition) is 3. The maximum atomic E-state index is 4.37. The Bertz CT molecular complexity index is 552. The van der Waals surface area contributed by atoms with E-state index >= 15 is 0 Å². The van der Waals surface area contributed by atoms with Crippen molar-refractivity contribution in [2.45, 2.75) is 18.9 Å². The number of piperazine rings is 1. The molecule has 1 unspecified atom stereocenters. The standard InChI is InChI=1S/C16H21N3/c1-19-10-9-17-12-15(19)6-4-13-5-7-16-14(11-13)3-2-8-18-16/h2-3,5,7-8,11,15,17H,4,6,9-10,12H2,1H3. The SMILES string of the molecule is CN1CCNCC1CCc1ccc2ncccc2c1. The van der Waals surface area contributed by atoms with Crippen LogP contribution in [0.25, 0.3) is 10.9 Å². The van der Waals surface area contributed by atoms with Gasteiger partial charge in [0.05, 0.1) is 5.52 Å². The van der Waals surface area contributed by atoms with Gasteiger partial charge in [0.2, 0.25) is 0 Å². The maximum Gasteiger partial charge on any atom is 0.0702 e. The Kier molecular flexibility index (Phi) is 3.76. The van der Waals surface area contributed by atoms with Crippen LogP contribution in [0.3, 0.4) is 0 Å². The minimum atomic E-state index is 0.665. The molecule has 2 aromatic rings. The lowest BCUT2D eigenvalue weighted by Crippen LogP contribution is -2.49. The van der Waals surface area contributed by atoms with Crippen molar-refractivity contribution in [2.75, 3.05) is 26.7 Å². The van der Waals surface area contributed by atoms with E-state index in [-0.39, 0.29) is 0 Å². The lowest BCUT2D eigenvalue weighted by molar-refractivity contribution is 0.191. The number of rotatable bonds is 3. The Labute approximate surface area is 114 Å². The molecule has 100 valence electrons. The summed E-state index contributed by atoms with van der Waals surface area (Å²) in [6.07, 6.45) is 4.21. The van der Waals surface area contributed by atoms with E-state index in [2.05, 4.69) is 46.5 Å². The average Bonchev–Trinajstić information content (AvgIpc) is 2.46. The monoisotopic (exact) mass is 255 g/mol. The van der Waals surface area contributed by atoms with Crippen LogP contribution < -0.4 is 5.32 Å². The molecule has 2 heterocycles. The fourth-order valence-electron chi connectivity index (χ4n) is 2.80. The van der Waals surface area contributed by atoms with E-state index in [4.69, 9.17) is 0 Å². The zero-order chi connectivity index (χ0) is 13.1. The largest absolute Gasteiger partial charge is 0.314 e. The summed E-state index contributed by atoms with van der Waals surface area (Å²) in [6.45, 7) is 3.40. The van der Waals surface area contributed by atoms with Gasteiger partial charge < -0.3 is 10.2 Å². The number of nitrogens with one attached hydrogen (secondary N) is 1. The van der Waals surface area contributed by atoms with Gasteiger partial charge in [0.25, 0.3) is 0 Å². The molecule has 0 saturated carbocycles. The molecule has 3 rings (SSSR count). The zero-order valence-corrected chi connectivity index (χ0v) is 11.5. The topological polar surface area (TPSA) is 28.2 Å². The van der Waals surface area contributed by atoms with Crippen LogP contribution in [0.4, 0.5) is 0 Å². The van der Waals surface area contributed by atoms with Gasteiger partial charge in [-0.2, -0.15) is 0 Å². The van der Waals surface area contributed by atoms with Crippen LogP contribution in [-0.4, -0.2) is 42.6 Å². The summed E-state index contributed by atoms with van der Waals surface area (Å²) in [6, 6.07) is 11.4. The third-order valence-corrected chi connectivity index (χ3v) is 4.08. The Morgan fingerprint density at radius 1 is 1.37 bits per heavy atom. The van der Waals surface area contributed by atoms with Crippen molar-refractivity contribution in [1.82, 2.24) is 15.2 Å². The molecule has 0 bridgehead atoms. The van der Waals surface area contributed by atoms with Gasteiger partial charge in [-0.25, -0.2) is 0 Å². The summed E-state index contributed by atoms with van der Waals surface area (Å²) in [5.74, 6) is 0. The quantitative estimate of drug-likeness (QED) is 0.910. The molecule has 1 N–H and O–H groups in total. The summed E-state index contributed by atoms with van der Waals surface area (Å²) in [5, 5.41) is 4.72. The Morgan fingerprint density at radius 2 is 2.32 bits per heavy atom. The number of pyridine rings is 1. The van der Waals surface area contributed by atoms with Crippen LogP contribution in [-0.2, 0) is 6.42 Å². The first-order valence-corrected chi connectivity index (χ1v) is 7.07. The first kappa shape index (κ1) is 12.6. The summed E-state index contributed by atoms with van der Waals surface area (Å²) in [4.78, 5) is 6.84. The van der Waals surface area contributed by atoms with E-state index in [1.54, 1.807) is 0 Å². The third-order valence-electron chi connectivity index (χ3n) is 4.08. The lowest BCUT2D eigenvalue weighted by Gasteiger charge is -2.33. The average molecular weight is 255 g/mol. The lowest BCUT2D eigenvalue weighted by atomic mass is 10.0. The molecule has 1 atom stereocenters. The number of benzene rings is 1. The highest BCUT2D eigenvalue weighted by atomic mass is 15.2. The molecule has 0 radical (unpaired) electrons. The van der Waals surface area contributed by atoms with Gasteiger partial charge in [-0.05, 0) is 43.7 Å². The van der Waals surface area contributed by atoms with Crippen LogP contribution in [0.2, 0.25) is 0 Å². The second-order valence-electron chi connectivity index (χ2n) is 5.41. The fraction of sp³-hybridized carbons (Fsp3) is 0.438. The molecule has 1 aromatic carbocycles. The molecule has 19 heavy (non-hydrogen) atoms. The predicted molar refractivity (Wildman–Crippen MR) is 79.4 cm³/mol. The highest BCUT2D eigenvalue weighted by Gasteiger charge is 2.17. The van der Waals surface area contributed by atoms with E-state index < -0.39 is 0 Å². The highest BCUT2D eigenvalue weighted by molar-refractivity contribution is 5.78. The molecule has 3 nitrogen and oxygen atoms in total. The predicted octanol–water partition coefficient (Wildman–Crippen LogP) is 2.07. The van der Waals surface area contributed by atoms with Gasteiger partial charge in [-0.1, -0.05) is 12.1 Å². The van der Waals surface area contributed by atoms with Crippen LogP contribution in [0, 0.1) is 0 Å². The van der Waals surface area contributed by atoms with Crippen LogP contribution in [0.1, 0.15) is 12.0 Å². The Morgan fingerprint density at radius 3 is 3.21 bits per heavy atom. The van der Waals surface area contributed by atoms with Crippen molar-refractivity contribution < 1.29 is 0 Å². The minimum absolute atomic E-state index is 0.665. The summed E-state index contributed by atoms with van der Waals surface area (Å²) < 4.78 is 0. The number of aryl methyl sites for hydroxylation is 1. The second-order valence-corrected chi connectivity index (χ2v) is 5.41. The number of aromatic nitrogens is 1. The van der Waals surface area contributed by atoms with Gasteiger partial charge >= 0.3 is 0 Å². The van der Waals surface area contributed by atoms with Crippen LogP contribution in [0.5, 0.6) is 0 Å². The van der Waals surface area contributed by atoms with Crippen molar-refractivity contribution in [3.05, 3.63) is 42.1 Å². The van der Waals surface area contributed by atoms with E-state index in [0.29, 0.717) is 6.04 Å². The van der Waals surface area contributed by atoms with Crippen molar-refractivity contribution in [3.8, 4) is 0 Å². The van der Waals surface area contributed by atoms with Gasteiger partial charge in [-0.3, -0.25) is 4.98 Å². The Hall–Kier alpha value is -1.45. The van der Waals surface area contributed by atoms with Gasteiger partial charge in [0, 0.05) is 37.3 Å². The molecule has 3 heteroatoms. The van der Waals surface area contributed by atoms with E-state index in [0.717, 1.165) is 31.6 Å². The first-order valence-electron chi connectivity index (χ1n) is 7.07. The summed E-state index contributed by atoms with van der Waals surface area (Å²) in [7, 11) is 2.23.